The molecule has 0 aliphatic heterocycles. The van der Waals surface area contributed by atoms with Gasteiger partial charge < -0.3 is 10.2 Å². The van der Waals surface area contributed by atoms with E-state index in [-0.39, 0.29) is 29.0 Å². The Hall–Kier alpha value is -3.26. The zero-order valence-corrected chi connectivity index (χ0v) is 19.9. The second kappa shape index (κ2) is 10.0. The van der Waals surface area contributed by atoms with E-state index in [1.807, 2.05) is 0 Å². The molecule has 2 atom stereocenters. The molecular weight excluding hydrogens is 526 g/mol. The van der Waals surface area contributed by atoms with Crippen molar-refractivity contribution in [2.75, 3.05) is 0 Å². The van der Waals surface area contributed by atoms with Gasteiger partial charge in [-0.1, -0.05) is 23.2 Å². The van der Waals surface area contributed by atoms with Gasteiger partial charge in [-0.15, -0.1) is 10.2 Å². The molecule has 0 aliphatic rings. The second-order valence-electron chi connectivity index (χ2n) is 7.74. The third-order valence-corrected chi connectivity index (χ3v) is 5.65. The maximum atomic E-state index is 13.1. The molecule has 3 heterocycles. The summed E-state index contributed by atoms with van der Waals surface area (Å²) in [6, 6.07) is 7.45. The number of aromatic nitrogens is 7. The normalized spacial score (nSPS) is 13.7. The minimum atomic E-state index is -4.95. The highest BCUT2D eigenvalue weighted by atomic mass is 35.5. The van der Waals surface area contributed by atoms with Crippen LogP contribution in [-0.4, -0.2) is 56.6 Å². The fourth-order valence-electron chi connectivity index (χ4n) is 3.34. The van der Waals surface area contributed by atoms with E-state index >= 15 is 0 Å². The van der Waals surface area contributed by atoms with Crippen LogP contribution in [-0.2, 0) is 13.1 Å². The molecule has 10 nitrogen and oxygen atoms in total. The molecule has 3 aromatic heterocycles. The summed E-state index contributed by atoms with van der Waals surface area (Å²) in [7, 11) is 0. The van der Waals surface area contributed by atoms with Gasteiger partial charge in [0.15, 0.2) is 23.6 Å². The molecule has 0 spiro atoms. The van der Waals surface area contributed by atoms with Gasteiger partial charge in [0.2, 0.25) is 0 Å². The van der Waals surface area contributed by atoms with E-state index in [0.717, 1.165) is 4.68 Å². The fraction of sp³-hybridized carbons (Fsp3) is 0.286. The van der Waals surface area contributed by atoms with Crippen LogP contribution in [0, 0.1) is 0 Å². The van der Waals surface area contributed by atoms with Crippen molar-refractivity contribution in [3.8, 4) is 17.1 Å². The van der Waals surface area contributed by atoms with Gasteiger partial charge in [-0.3, -0.25) is 9.55 Å². The Morgan fingerprint density at radius 2 is 1.78 bits per heavy atom. The molecule has 0 bridgehead atoms. The van der Waals surface area contributed by atoms with E-state index in [2.05, 4.69) is 20.2 Å². The Balaban J connectivity index is 1.78. The lowest BCUT2D eigenvalue weighted by Crippen LogP contribution is -2.37. The van der Waals surface area contributed by atoms with E-state index in [1.54, 1.807) is 0 Å². The van der Waals surface area contributed by atoms with Gasteiger partial charge in [-0.05, 0) is 37.3 Å². The number of alkyl halides is 3. The van der Waals surface area contributed by atoms with E-state index in [1.165, 1.54) is 54.3 Å². The first-order valence-corrected chi connectivity index (χ1v) is 11.1. The summed E-state index contributed by atoms with van der Waals surface area (Å²) in [6.45, 7) is 0.0259. The molecule has 1 aromatic carbocycles. The van der Waals surface area contributed by atoms with E-state index in [9.17, 15) is 28.2 Å². The molecule has 0 radical (unpaired) electrons. The van der Waals surface area contributed by atoms with Gasteiger partial charge in [-0.25, -0.2) is 19.1 Å². The second-order valence-corrected chi connectivity index (χ2v) is 8.58. The molecule has 0 saturated carbocycles. The van der Waals surface area contributed by atoms with Crippen LogP contribution in [0.3, 0.4) is 0 Å². The fourth-order valence-corrected chi connectivity index (χ4v) is 3.65. The standard InChI is InChI=1S/C21H18Cl2F3N7O3/c1-11(34)18-28-17(29-33(18)15-8-27-7-6-14(15)23)10-32-20(36)31(9-16(35)21(24,25)26)19(30-32)12-2-4-13(22)5-3-12/h2-8,11,16,34-35H,9-10H2,1H3. The molecule has 4 aromatic rings. The van der Waals surface area contributed by atoms with Crippen molar-refractivity contribution in [1.82, 2.24) is 34.1 Å². The van der Waals surface area contributed by atoms with Crippen LogP contribution in [0.1, 0.15) is 24.7 Å². The van der Waals surface area contributed by atoms with Crippen LogP contribution < -0.4 is 5.69 Å². The van der Waals surface area contributed by atoms with Gasteiger partial charge in [0, 0.05) is 16.8 Å². The minimum Gasteiger partial charge on any atom is -0.385 e. The summed E-state index contributed by atoms with van der Waals surface area (Å²) in [5.74, 6) is -0.000140. The molecule has 0 amide bonds. The van der Waals surface area contributed by atoms with Crippen molar-refractivity contribution in [2.45, 2.75) is 38.4 Å². The third kappa shape index (κ3) is 5.28. The number of hydrogen-bond donors (Lipinski definition) is 2. The van der Waals surface area contributed by atoms with Gasteiger partial charge in [0.1, 0.15) is 18.3 Å². The maximum Gasteiger partial charge on any atom is 0.416 e. The van der Waals surface area contributed by atoms with Crippen molar-refractivity contribution < 1.29 is 23.4 Å². The van der Waals surface area contributed by atoms with Gasteiger partial charge in [-0.2, -0.15) is 13.2 Å². The lowest BCUT2D eigenvalue weighted by atomic mass is 10.2. The minimum absolute atomic E-state index is 0.0246. The Kier molecular flexibility index (Phi) is 7.18. The molecule has 190 valence electrons. The number of benzene rings is 1. The number of nitrogens with zero attached hydrogens (tertiary/aromatic N) is 7. The van der Waals surface area contributed by atoms with Gasteiger partial charge in [0.25, 0.3) is 0 Å². The number of aliphatic hydroxyl groups is 2. The summed E-state index contributed by atoms with van der Waals surface area (Å²) in [5.41, 5.74) is -0.311. The lowest BCUT2D eigenvalue weighted by Gasteiger charge is -2.15. The highest BCUT2D eigenvalue weighted by Gasteiger charge is 2.39. The number of aliphatic hydroxyl groups excluding tert-OH is 2. The van der Waals surface area contributed by atoms with Crippen LogP contribution in [0.4, 0.5) is 13.2 Å². The maximum absolute atomic E-state index is 13.1. The van der Waals surface area contributed by atoms with Gasteiger partial charge in [0.05, 0.1) is 17.8 Å². The summed E-state index contributed by atoms with van der Waals surface area (Å²) in [5, 5.41) is 28.9. The van der Waals surface area contributed by atoms with E-state index in [4.69, 9.17) is 23.2 Å². The number of pyridine rings is 1. The molecule has 0 aliphatic carbocycles. The van der Waals surface area contributed by atoms with Crippen molar-refractivity contribution >= 4 is 23.2 Å². The largest absolute Gasteiger partial charge is 0.416 e. The van der Waals surface area contributed by atoms with Crippen molar-refractivity contribution in [2.24, 2.45) is 0 Å². The lowest BCUT2D eigenvalue weighted by molar-refractivity contribution is -0.207. The Bertz CT molecular complexity index is 1430. The SMILES string of the molecule is CC(O)c1nc(Cn2nc(-c3ccc(Cl)cc3)n(CC(O)C(F)(F)F)c2=O)nn1-c1cnccc1Cl. The summed E-state index contributed by atoms with van der Waals surface area (Å²) < 4.78 is 42.0. The average molecular weight is 544 g/mol. The molecular formula is C21H18Cl2F3N7O3. The van der Waals surface area contributed by atoms with Crippen molar-refractivity contribution in [1.29, 1.82) is 0 Å². The first-order valence-electron chi connectivity index (χ1n) is 10.4. The summed E-state index contributed by atoms with van der Waals surface area (Å²) in [6.07, 6.45) is -5.96. The van der Waals surface area contributed by atoms with Crippen LogP contribution in [0.25, 0.3) is 17.1 Å². The van der Waals surface area contributed by atoms with Crippen LogP contribution in [0.5, 0.6) is 0 Å². The highest BCUT2D eigenvalue weighted by Crippen LogP contribution is 2.25. The summed E-state index contributed by atoms with van der Waals surface area (Å²) in [4.78, 5) is 21.3. The number of rotatable bonds is 7. The van der Waals surface area contributed by atoms with Gasteiger partial charge >= 0.3 is 11.9 Å². The van der Waals surface area contributed by atoms with Crippen LogP contribution in [0.2, 0.25) is 10.0 Å². The molecule has 0 saturated heterocycles. The zero-order chi connectivity index (χ0) is 26.2. The predicted molar refractivity (Wildman–Crippen MR) is 123 cm³/mol. The average Bonchev–Trinajstić information content (AvgIpc) is 3.36. The monoisotopic (exact) mass is 543 g/mol. The highest BCUT2D eigenvalue weighted by molar-refractivity contribution is 6.32. The molecule has 36 heavy (non-hydrogen) atoms. The zero-order valence-electron chi connectivity index (χ0n) is 18.4. The third-order valence-electron chi connectivity index (χ3n) is 5.08. The molecule has 15 heteroatoms. The molecule has 4 rings (SSSR count). The Labute approximate surface area is 211 Å². The molecule has 2 unspecified atom stereocenters. The predicted octanol–water partition coefficient (Wildman–Crippen LogP) is 3.02. The Morgan fingerprint density at radius 3 is 2.39 bits per heavy atom. The topological polar surface area (TPSA) is 124 Å². The Morgan fingerprint density at radius 1 is 1.08 bits per heavy atom. The molecule has 2 N–H and O–H groups in total. The van der Waals surface area contributed by atoms with Crippen LogP contribution in [0.15, 0.2) is 47.5 Å². The van der Waals surface area contributed by atoms with Crippen molar-refractivity contribution in [3.05, 3.63) is 74.9 Å². The first kappa shape index (κ1) is 25.8. The van der Waals surface area contributed by atoms with E-state index < -0.39 is 30.6 Å². The summed E-state index contributed by atoms with van der Waals surface area (Å²) >= 11 is 12.1. The van der Waals surface area contributed by atoms with Crippen LogP contribution >= 0.6 is 23.2 Å². The first-order chi connectivity index (χ1) is 17.0. The van der Waals surface area contributed by atoms with E-state index in [0.29, 0.717) is 20.8 Å². The smallest absolute Gasteiger partial charge is 0.385 e. The van der Waals surface area contributed by atoms with Crippen molar-refractivity contribution in [3.63, 3.8) is 0 Å². The quantitative estimate of drug-likeness (QED) is 0.367. The number of hydrogen-bond acceptors (Lipinski definition) is 7. The number of halogens is 5. The molecule has 0 fully saturated rings.